The van der Waals surface area contributed by atoms with Crippen LogP contribution < -0.4 is 5.32 Å². The van der Waals surface area contributed by atoms with Crippen LogP contribution in [-0.4, -0.2) is 25.7 Å². The van der Waals surface area contributed by atoms with Crippen molar-refractivity contribution in [3.05, 3.63) is 42.0 Å². The average Bonchev–Trinajstić information content (AvgIpc) is 2.76. The summed E-state index contributed by atoms with van der Waals surface area (Å²) in [7, 11) is 1.79. The molecule has 7 heteroatoms. The molecule has 18 heavy (non-hydrogen) atoms. The number of aromatic nitrogens is 4. The van der Waals surface area contributed by atoms with E-state index in [9.17, 15) is 9.18 Å². The number of pyridine rings is 1. The molecule has 0 radical (unpaired) electrons. The van der Waals surface area contributed by atoms with Crippen molar-refractivity contribution in [3.8, 4) is 0 Å². The Hall–Kier alpha value is -2.31. The molecule has 0 aromatic carbocycles. The van der Waals surface area contributed by atoms with E-state index in [4.69, 9.17) is 0 Å². The van der Waals surface area contributed by atoms with Gasteiger partial charge in [-0.2, -0.15) is 4.39 Å². The second-order valence-electron chi connectivity index (χ2n) is 3.86. The molecule has 0 fully saturated rings. The van der Waals surface area contributed by atoms with Gasteiger partial charge in [-0.1, -0.05) is 0 Å². The number of halogens is 1. The Balaban J connectivity index is 2.08. The molecule has 0 bridgehead atoms. The zero-order valence-electron chi connectivity index (χ0n) is 9.96. The van der Waals surface area contributed by atoms with Crippen LogP contribution >= 0.6 is 0 Å². The van der Waals surface area contributed by atoms with Crippen LogP contribution in [0.3, 0.4) is 0 Å². The SMILES string of the molecule is CC(NC(=O)c1ccc(F)nc1)c1nncn1C. The van der Waals surface area contributed by atoms with Crippen molar-refractivity contribution in [1.82, 2.24) is 25.1 Å². The predicted octanol–water partition coefficient (Wildman–Crippen LogP) is 0.840. The highest BCUT2D eigenvalue weighted by Gasteiger charge is 2.15. The maximum absolute atomic E-state index is 12.6. The number of nitrogens with zero attached hydrogens (tertiary/aromatic N) is 4. The van der Waals surface area contributed by atoms with Gasteiger partial charge in [-0.05, 0) is 19.1 Å². The third-order valence-electron chi connectivity index (χ3n) is 2.47. The summed E-state index contributed by atoms with van der Waals surface area (Å²) >= 11 is 0. The Morgan fingerprint density at radius 1 is 1.50 bits per heavy atom. The van der Waals surface area contributed by atoms with Gasteiger partial charge in [-0.25, -0.2) is 4.98 Å². The van der Waals surface area contributed by atoms with Gasteiger partial charge in [0.2, 0.25) is 5.95 Å². The third kappa shape index (κ3) is 2.50. The molecule has 6 nitrogen and oxygen atoms in total. The summed E-state index contributed by atoms with van der Waals surface area (Å²) in [6.45, 7) is 1.79. The summed E-state index contributed by atoms with van der Waals surface area (Å²) < 4.78 is 14.3. The van der Waals surface area contributed by atoms with Crippen LogP contribution in [0.25, 0.3) is 0 Å². The van der Waals surface area contributed by atoms with Crippen LogP contribution in [0.4, 0.5) is 4.39 Å². The van der Waals surface area contributed by atoms with Gasteiger partial charge in [-0.3, -0.25) is 4.79 Å². The fourth-order valence-corrected chi connectivity index (χ4v) is 1.54. The van der Waals surface area contributed by atoms with E-state index in [1.165, 1.54) is 12.3 Å². The number of carbonyl (C=O) groups is 1. The number of aryl methyl sites for hydroxylation is 1. The third-order valence-corrected chi connectivity index (χ3v) is 2.47. The fourth-order valence-electron chi connectivity index (χ4n) is 1.54. The highest BCUT2D eigenvalue weighted by atomic mass is 19.1. The fraction of sp³-hybridized carbons (Fsp3) is 0.273. The van der Waals surface area contributed by atoms with Crippen LogP contribution in [0.5, 0.6) is 0 Å². The molecule has 1 unspecified atom stereocenters. The monoisotopic (exact) mass is 249 g/mol. The van der Waals surface area contributed by atoms with Crippen LogP contribution in [0.15, 0.2) is 24.7 Å². The van der Waals surface area contributed by atoms with Gasteiger partial charge in [-0.15, -0.1) is 10.2 Å². The zero-order chi connectivity index (χ0) is 13.1. The van der Waals surface area contributed by atoms with Crippen molar-refractivity contribution in [2.45, 2.75) is 13.0 Å². The molecule has 0 aliphatic carbocycles. The average molecular weight is 249 g/mol. The lowest BCUT2D eigenvalue weighted by atomic mass is 10.2. The van der Waals surface area contributed by atoms with Crippen molar-refractivity contribution in [2.75, 3.05) is 0 Å². The van der Waals surface area contributed by atoms with Crippen molar-refractivity contribution >= 4 is 5.91 Å². The second kappa shape index (κ2) is 4.91. The Labute approximate surface area is 103 Å². The van der Waals surface area contributed by atoms with Crippen LogP contribution in [-0.2, 0) is 7.05 Å². The Morgan fingerprint density at radius 2 is 2.28 bits per heavy atom. The van der Waals surface area contributed by atoms with E-state index in [2.05, 4.69) is 20.5 Å². The molecule has 2 aromatic rings. The minimum atomic E-state index is -0.618. The summed E-state index contributed by atoms with van der Waals surface area (Å²) in [4.78, 5) is 15.3. The Kier molecular flexibility index (Phi) is 3.31. The first kappa shape index (κ1) is 12.2. The predicted molar refractivity (Wildman–Crippen MR) is 61.1 cm³/mol. The number of rotatable bonds is 3. The Bertz CT molecular complexity index is 551. The molecule has 0 spiro atoms. The first-order chi connectivity index (χ1) is 8.58. The quantitative estimate of drug-likeness (QED) is 0.818. The summed E-state index contributed by atoms with van der Waals surface area (Å²) in [5.41, 5.74) is 0.297. The molecule has 1 atom stereocenters. The van der Waals surface area contributed by atoms with Crippen LogP contribution in [0, 0.1) is 5.95 Å². The summed E-state index contributed by atoms with van der Waals surface area (Å²) in [5.74, 6) is -0.315. The summed E-state index contributed by atoms with van der Waals surface area (Å²) in [6.07, 6.45) is 2.74. The zero-order valence-corrected chi connectivity index (χ0v) is 9.96. The van der Waals surface area contributed by atoms with E-state index in [0.29, 0.717) is 11.4 Å². The lowest BCUT2D eigenvalue weighted by molar-refractivity contribution is 0.0937. The number of hydrogen-bond acceptors (Lipinski definition) is 4. The van der Waals surface area contributed by atoms with Gasteiger partial charge < -0.3 is 9.88 Å². The number of amides is 1. The van der Waals surface area contributed by atoms with Gasteiger partial charge in [0.05, 0.1) is 11.6 Å². The highest BCUT2D eigenvalue weighted by molar-refractivity contribution is 5.94. The summed E-state index contributed by atoms with van der Waals surface area (Å²) in [6, 6.07) is 2.22. The van der Waals surface area contributed by atoms with E-state index < -0.39 is 5.95 Å². The molecule has 2 heterocycles. The number of hydrogen-bond donors (Lipinski definition) is 1. The first-order valence-corrected chi connectivity index (χ1v) is 5.34. The molecule has 1 amide bonds. The first-order valence-electron chi connectivity index (χ1n) is 5.34. The molecule has 0 aliphatic heterocycles. The van der Waals surface area contributed by atoms with Gasteiger partial charge in [0.1, 0.15) is 6.33 Å². The van der Waals surface area contributed by atoms with Crippen LogP contribution in [0.1, 0.15) is 29.1 Å². The molecule has 94 valence electrons. The number of nitrogens with one attached hydrogen (secondary N) is 1. The molecule has 1 N–H and O–H groups in total. The standard InChI is InChI=1S/C11H12FN5O/c1-7(10-16-14-6-17(10)2)15-11(18)8-3-4-9(12)13-5-8/h3-7H,1-2H3,(H,15,18). The van der Waals surface area contributed by atoms with E-state index in [0.717, 1.165) is 6.07 Å². The molecular weight excluding hydrogens is 237 g/mol. The van der Waals surface area contributed by atoms with E-state index >= 15 is 0 Å². The van der Waals surface area contributed by atoms with Crippen molar-refractivity contribution in [1.29, 1.82) is 0 Å². The molecule has 2 aromatic heterocycles. The lowest BCUT2D eigenvalue weighted by Gasteiger charge is -2.12. The highest BCUT2D eigenvalue weighted by Crippen LogP contribution is 2.08. The minimum absolute atomic E-state index is 0.296. The maximum Gasteiger partial charge on any atom is 0.253 e. The van der Waals surface area contributed by atoms with Gasteiger partial charge in [0, 0.05) is 13.2 Å². The smallest absolute Gasteiger partial charge is 0.253 e. The van der Waals surface area contributed by atoms with Crippen molar-refractivity contribution in [2.24, 2.45) is 7.05 Å². The van der Waals surface area contributed by atoms with E-state index in [-0.39, 0.29) is 11.9 Å². The van der Waals surface area contributed by atoms with Crippen molar-refractivity contribution < 1.29 is 9.18 Å². The molecule has 0 aliphatic rings. The normalized spacial score (nSPS) is 12.2. The molecular formula is C11H12FN5O. The largest absolute Gasteiger partial charge is 0.342 e. The molecule has 0 saturated heterocycles. The maximum atomic E-state index is 12.6. The molecule has 0 saturated carbocycles. The molecule has 2 rings (SSSR count). The second-order valence-corrected chi connectivity index (χ2v) is 3.86. The van der Waals surface area contributed by atoms with E-state index in [1.807, 2.05) is 0 Å². The summed E-state index contributed by atoms with van der Waals surface area (Å²) in [5, 5.41) is 10.4. The van der Waals surface area contributed by atoms with Gasteiger partial charge in [0.15, 0.2) is 5.82 Å². The topological polar surface area (TPSA) is 72.7 Å². The van der Waals surface area contributed by atoms with Gasteiger partial charge in [0.25, 0.3) is 5.91 Å². The lowest BCUT2D eigenvalue weighted by Crippen LogP contribution is -2.28. The van der Waals surface area contributed by atoms with Crippen molar-refractivity contribution in [3.63, 3.8) is 0 Å². The van der Waals surface area contributed by atoms with Gasteiger partial charge >= 0.3 is 0 Å². The van der Waals surface area contributed by atoms with Crippen LogP contribution in [0.2, 0.25) is 0 Å². The Morgan fingerprint density at radius 3 is 2.83 bits per heavy atom. The minimum Gasteiger partial charge on any atom is -0.342 e. The van der Waals surface area contributed by atoms with E-state index in [1.54, 1.807) is 24.9 Å². The number of carbonyl (C=O) groups excluding carboxylic acids is 1.